The fourth-order valence-corrected chi connectivity index (χ4v) is 2.79. The van der Waals surface area contributed by atoms with Crippen LogP contribution in [0.3, 0.4) is 0 Å². The molecule has 0 aliphatic heterocycles. The minimum Gasteiger partial charge on any atom is -0.122 e. The first-order valence-corrected chi connectivity index (χ1v) is 6.34. The molecule has 0 N–H and O–H groups in total. The van der Waals surface area contributed by atoms with E-state index in [0.717, 1.165) is 21.5 Å². The van der Waals surface area contributed by atoms with Gasteiger partial charge < -0.3 is 0 Å². The second-order valence-electron chi connectivity index (χ2n) is 3.40. The molecule has 0 nitrogen and oxygen atoms in total. The molecule has 0 fully saturated rings. The second kappa shape index (κ2) is 5.39. The van der Waals surface area contributed by atoms with Crippen molar-refractivity contribution >= 4 is 39.1 Å². The van der Waals surface area contributed by atoms with E-state index in [4.69, 9.17) is 23.2 Å². The summed E-state index contributed by atoms with van der Waals surface area (Å²) in [6.45, 7) is 4.33. The van der Waals surface area contributed by atoms with Crippen molar-refractivity contribution in [2.24, 2.45) is 0 Å². The van der Waals surface area contributed by atoms with Gasteiger partial charge in [-0.05, 0) is 35.6 Å². The van der Waals surface area contributed by atoms with Crippen LogP contribution in [0.15, 0.2) is 16.6 Å². The van der Waals surface area contributed by atoms with E-state index in [0.29, 0.717) is 11.8 Å². The van der Waals surface area contributed by atoms with Crippen LogP contribution in [0.2, 0.25) is 5.02 Å². The van der Waals surface area contributed by atoms with Crippen LogP contribution in [-0.4, -0.2) is 0 Å². The maximum Gasteiger partial charge on any atom is 0.0477 e. The normalized spacial score (nSPS) is 12.9. The zero-order chi connectivity index (χ0) is 10.7. The molecule has 1 aromatic rings. The van der Waals surface area contributed by atoms with Crippen molar-refractivity contribution in [1.82, 2.24) is 0 Å². The summed E-state index contributed by atoms with van der Waals surface area (Å²) < 4.78 is 0.991. The summed E-state index contributed by atoms with van der Waals surface area (Å²) in [5, 5.41) is 0.810. The lowest BCUT2D eigenvalue weighted by molar-refractivity contribution is 0.727. The van der Waals surface area contributed by atoms with Gasteiger partial charge in [0.2, 0.25) is 0 Å². The summed E-state index contributed by atoms with van der Waals surface area (Å²) in [5.74, 6) is 0.975. The summed E-state index contributed by atoms with van der Waals surface area (Å²) in [4.78, 5) is 0. The number of benzene rings is 1. The van der Waals surface area contributed by atoms with Gasteiger partial charge in [-0.2, -0.15) is 0 Å². The first-order chi connectivity index (χ1) is 6.60. The lowest BCUT2D eigenvalue weighted by Gasteiger charge is -2.16. The smallest absolute Gasteiger partial charge is 0.0477 e. The minimum atomic E-state index is 0.462. The molecular formula is C11H13BrCl2. The second-order valence-corrected chi connectivity index (χ2v) is 4.99. The Balaban J connectivity index is 3.24. The van der Waals surface area contributed by atoms with Crippen molar-refractivity contribution < 1.29 is 0 Å². The standard InChI is InChI=1S/C11H13BrCl2/c1-3-7(2)11-8(6-13)4-9(12)5-10(11)14/h4-5,7H,3,6H2,1-2H3. The van der Waals surface area contributed by atoms with Gasteiger partial charge in [0, 0.05) is 15.4 Å². The van der Waals surface area contributed by atoms with Crippen LogP contribution in [0.25, 0.3) is 0 Å². The summed E-state index contributed by atoms with van der Waals surface area (Å²) in [5.41, 5.74) is 2.31. The predicted molar refractivity (Wildman–Crippen MR) is 67.4 cm³/mol. The Hall–Kier alpha value is 0.280. The van der Waals surface area contributed by atoms with E-state index in [1.54, 1.807) is 0 Å². The molecule has 0 aliphatic carbocycles. The highest BCUT2D eigenvalue weighted by molar-refractivity contribution is 9.10. The van der Waals surface area contributed by atoms with Gasteiger partial charge in [0.15, 0.2) is 0 Å². The average molecular weight is 296 g/mol. The van der Waals surface area contributed by atoms with Crippen LogP contribution >= 0.6 is 39.1 Å². The van der Waals surface area contributed by atoms with Gasteiger partial charge in [-0.25, -0.2) is 0 Å². The molecule has 0 radical (unpaired) electrons. The Labute approximate surface area is 104 Å². The van der Waals surface area contributed by atoms with Crippen molar-refractivity contribution in [2.45, 2.75) is 32.1 Å². The van der Waals surface area contributed by atoms with E-state index < -0.39 is 0 Å². The third-order valence-corrected chi connectivity index (χ3v) is 3.49. The topological polar surface area (TPSA) is 0 Å². The van der Waals surface area contributed by atoms with E-state index in [2.05, 4.69) is 29.8 Å². The lowest BCUT2D eigenvalue weighted by atomic mass is 9.94. The quantitative estimate of drug-likeness (QED) is 0.659. The molecule has 0 saturated heterocycles. The Kier molecular flexibility index (Phi) is 4.75. The molecule has 0 spiro atoms. The highest BCUT2D eigenvalue weighted by Crippen LogP contribution is 2.33. The minimum absolute atomic E-state index is 0.462. The molecule has 1 rings (SSSR count). The number of hydrogen-bond acceptors (Lipinski definition) is 0. The van der Waals surface area contributed by atoms with Crippen LogP contribution in [0.1, 0.15) is 37.3 Å². The Bertz CT molecular complexity index is 323. The molecule has 0 bridgehead atoms. The predicted octanol–water partition coefficient (Wildman–Crippen LogP) is 5.35. The van der Waals surface area contributed by atoms with Crippen LogP contribution in [0.4, 0.5) is 0 Å². The van der Waals surface area contributed by atoms with E-state index in [1.807, 2.05) is 12.1 Å². The average Bonchev–Trinajstić information content (AvgIpc) is 2.15. The Morgan fingerprint density at radius 1 is 1.43 bits per heavy atom. The van der Waals surface area contributed by atoms with Gasteiger partial charge in [0.25, 0.3) is 0 Å². The maximum absolute atomic E-state index is 6.20. The SMILES string of the molecule is CCC(C)c1c(Cl)cc(Br)cc1CCl. The van der Waals surface area contributed by atoms with Crippen LogP contribution < -0.4 is 0 Å². The van der Waals surface area contributed by atoms with Gasteiger partial charge in [-0.1, -0.05) is 41.4 Å². The molecule has 0 aliphatic rings. The maximum atomic E-state index is 6.20. The molecule has 1 aromatic carbocycles. The lowest BCUT2D eigenvalue weighted by Crippen LogP contribution is -1.98. The largest absolute Gasteiger partial charge is 0.122 e. The third-order valence-electron chi connectivity index (χ3n) is 2.43. The van der Waals surface area contributed by atoms with E-state index >= 15 is 0 Å². The summed E-state index contributed by atoms with van der Waals surface area (Å²) >= 11 is 15.5. The van der Waals surface area contributed by atoms with Crippen molar-refractivity contribution in [3.8, 4) is 0 Å². The van der Waals surface area contributed by atoms with Crippen molar-refractivity contribution in [2.75, 3.05) is 0 Å². The number of halogens is 3. The van der Waals surface area contributed by atoms with E-state index in [9.17, 15) is 0 Å². The molecule has 78 valence electrons. The van der Waals surface area contributed by atoms with E-state index in [-0.39, 0.29) is 0 Å². The van der Waals surface area contributed by atoms with Crippen molar-refractivity contribution in [3.05, 3.63) is 32.8 Å². The fourth-order valence-electron chi connectivity index (χ4n) is 1.50. The molecular weight excluding hydrogens is 283 g/mol. The molecule has 0 saturated carbocycles. The number of hydrogen-bond donors (Lipinski definition) is 0. The molecule has 1 atom stereocenters. The highest BCUT2D eigenvalue weighted by atomic mass is 79.9. The van der Waals surface area contributed by atoms with Crippen molar-refractivity contribution in [1.29, 1.82) is 0 Å². The first kappa shape index (κ1) is 12.4. The number of alkyl halides is 1. The van der Waals surface area contributed by atoms with Gasteiger partial charge >= 0.3 is 0 Å². The van der Waals surface area contributed by atoms with Gasteiger partial charge in [0.1, 0.15) is 0 Å². The monoisotopic (exact) mass is 294 g/mol. The van der Waals surface area contributed by atoms with Crippen molar-refractivity contribution in [3.63, 3.8) is 0 Å². The molecule has 0 heterocycles. The Morgan fingerprint density at radius 3 is 2.57 bits per heavy atom. The van der Waals surface area contributed by atoms with Gasteiger partial charge in [-0.15, -0.1) is 11.6 Å². The molecule has 3 heteroatoms. The van der Waals surface area contributed by atoms with Crippen LogP contribution in [0.5, 0.6) is 0 Å². The van der Waals surface area contributed by atoms with Crippen LogP contribution in [0, 0.1) is 0 Å². The zero-order valence-corrected chi connectivity index (χ0v) is 11.4. The number of rotatable bonds is 3. The van der Waals surface area contributed by atoms with E-state index in [1.165, 1.54) is 5.56 Å². The molecule has 0 aromatic heterocycles. The zero-order valence-electron chi connectivity index (χ0n) is 8.28. The molecule has 14 heavy (non-hydrogen) atoms. The van der Waals surface area contributed by atoms with Crippen LogP contribution in [-0.2, 0) is 5.88 Å². The third kappa shape index (κ3) is 2.65. The summed E-state index contributed by atoms with van der Waals surface area (Å²) in [6, 6.07) is 3.97. The van der Waals surface area contributed by atoms with Gasteiger partial charge in [0.05, 0.1) is 0 Å². The highest BCUT2D eigenvalue weighted by Gasteiger charge is 2.13. The summed E-state index contributed by atoms with van der Waals surface area (Å²) in [7, 11) is 0. The van der Waals surface area contributed by atoms with Gasteiger partial charge in [-0.3, -0.25) is 0 Å². The fraction of sp³-hybridized carbons (Fsp3) is 0.455. The molecule has 1 unspecified atom stereocenters. The molecule has 0 amide bonds. The first-order valence-electron chi connectivity index (χ1n) is 4.63. The Morgan fingerprint density at radius 2 is 2.07 bits per heavy atom. The summed E-state index contributed by atoms with van der Waals surface area (Å²) in [6.07, 6.45) is 1.07.